The second-order valence-electron chi connectivity index (χ2n) is 2.66. The summed E-state index contributed by atoms with van der Waals surface area (Å²) in [5.74, 6) is 0.0673. The van der Waals surface area contributed by atoms with Gasteiger partial charge in [0.25, 0.3) is 0 Å². The fraction of sp³-hybridized carbons (Fsp3) is 0.286. The van der Waals surface area contributed by atoms with E-state index in [2.05, 4.69) is 5.10 Å². The van der Waals surface area contributed by atoms with Gasteiger partial charge in [0.15, 0.2) is 5.82 Å². The summed E-state index contributed by atoms with van der Waals surface area (Å²) in [6, 6.07) is 1.49. The molecule has 1 rings (SSSR count). The SMILES string of the molecule is CN(C)C(=O)n1cc(C#N)c(N)n1. The van der Waals surface area contributed by atoms with E-state index in [1.54, 1.807) is 14.1 Å². The molecule has 1 heterocycles. The normalized spacial score (nSPS) is 9.31. The third-order valence-corrected chi connectivity index (χ3v) is 1.44. The monoisotopic (exact) mass is 179 g/mol. The molecule has 1 aromatic rings. The number of aromatic nitrogens is 2. The molecule has 0 radical (unpaired) electrons. The second-order valence-corrected chi connectivity index (χ2v) is 2.66. The maximum Gasteiger partial charge on any atom is 0.344 e. The lowest BCUT2D eigenvalue weighted by Crippen LogP contribution is -2.27. The summed E-state index contributed by atoms with van der Waals surface area (Å²) in [4.78, 5) is 12.6. The fourth-order valence-electron chi connectivity index (χ4n) is 0.776. The summed E-state index contributed by atoms with van der Waals surface area (Å²) in [6.45, 7) is 0. The van der Waals surface area contributed by atoms with Gasteiger partial charge in [-0.25, -0.2) is 4.79 Å². The highest BCUT2D eigenvalue weighted by atomic mass is 16.2. The van der Waals surface area contributed by atoms with E-state index in [4.69, 9.17) is 11.0 Å². The Hall–Kier alpha value is -2.03. The Morgan fingerprint density at radius 1 is 1.77 bits per heavy atom. The van der Waals surface area contributed by atoms with Crippen LogP contribution in [0, 0.1) is 11.3 Å². The van der Waals surface area contributed by atoms with Crippen LogP contribution >= 0.6 is 0 Å². The van der Waals surface area contributed by atoms with Crippen LogP contribution in [0.4, 0.5) is 10.6 Å². The number of amides is 1. The summed E-state index contributed by atoms with van der Waals surface area (Å²) in [7, 11) is 3.18. The third-order valence-electron chi connectivity index (χ3n) is 1.44. The molecule has 0 aliphatic rings. The zero-order chi connectivity index (χ0) is 10.0. The van der Waals surface area contributed by atoms with Gasteiger partial charge in [-0.05, 0) is 0 Å². The number of carbonyl (C=O) groups excluding carboxylic acids is 1. The number of nitrogens with zero attached hydrogens (tertiary/aromatic N) is 4. The molecule has 0 atom stereocenters. The maximum absolute atomic E-state index is 11.3. The Balaban J connectivity index is 3.06. The van der Waals surface area contributed by atoms with Gasteiger partial charge >= 0.3 is 6.03 Å². The molecule has 0 fully saturated rings. The van der Waals surface area contributed by atoms with Crippen LogP contribution < -0.4 is 5.73 Å². The molecule has 0 saturated carbocycles. The highest BCUT2D eigenvalue weighted by Crippen LogP contribution is 2.06. The van der Waals surface area contributed by atoms with Crippen LogP contribution in [-0.2, 0) is 0 Å². The molecule has 1 aromatic heterocycles. The Morgan fingerprint density at radius 2 is 2.38 bits per heavy atom. The van der Waals surface area contributed by atoms with Crippen LogP contribution in [0.1, 0.15) is 5.56 Å². The zero-order valence-electron chi connectivity index (χ0n) is 7.35. The molecule has 0 spiro atoms. The molecule has 0 aliphatic carbocycles. The lowest BCUT2D eigenvalue weighted by molar-refractivity contribution is 0.216. The predicted octanol–water partition coefficient (Wildman–Crippen LogP) is -0.133. The largest absolute Gasteiger partial charge is 0.381 e. The van der Waals surface area contributed by atoms with Crippen LogP contribution in [-0.4, -0.2) is 34.8 Å². The zero-order valence-corrected chi connectivity index (χ0v) is 7.35. The van der Waals surface area contributed by atoms with Crippen LogP contribution in [0.3, 0.4) is 0 Å². The van der Waals surface area contributed by atoms with Gasteiger partial charge in [-0.2, -0.15) is 9.94 Å². The van der Waals surface area contributed by atoms with Gasteiger partial charge in [-0.3, -0.25) is 0 Å². The Morgan fingerprint density at radius 3 is 2.77 bits per heavy atom. The molecular formula is C7H9N5O. The van der Waals surface area contributed by atoms with Crippen molar-refractivity contribution < 1.29 is 4.79 Å². The van der Waals surface area contributed by atoms with Gasteiger partial charge < -0.3 is 10.6 Å². The molecule has 0 aliphatic heterocycles. The van der Waals surface area contributed by atoms with Crippen molar-refractivity contribution in [1.29, 1.82) is 5.26 Å². The topological polar surface area (TPSA) is 87.9 Å². The number of nitriles is 1. The van der Waals surface area contributed by atoms with Crippen molar-refractivity contribution in [2.45, 2.75) is 0 Å². The highest BCUT2D eigenvalue weighted by Gasteiger charge is 2.11. The second kappa shape index (κ2) is 3.15. The smallest absolute Gasteiger partial charge is 0.344 e. The number of hydrogen-bond acceptors (Lipinski definition) is 4. The molecule has 0 unspecified atom stereocenters. The quantitative estimate of drug-likeness (QED) is 0.600. The molecule has 0 bridgehead atoms. The van der Waals surface area contributed by atoms with E-state index in [1.807, 2.05) is 6.07 Å². The minimum atomic E-state index is -0.340. The molecule has 1 amide bonds. The predicted molar refractivity (Wildman–Crippen MR) is 45.8 cm³/mol. The van der Waals surface area contributed by atoms with E-state index in [-0.39, 0.29) is 17.4 Å². The number of anilines is 1. The Kier molecular flexibility index (Phi) is 2.19. The van der Waals surface area contributed by atoms with E-state index in [0.29, 0.717) is 0 Å². The van der Waals surface area contributed by atoms with E-state index in [9.17, 15) is 4.79 Å². The van der Waals surface area contributed by atoms with Gasteiger partial charge in [0.1, 0.15) is 11.6 Å². The van der Waals surface area contributed by atoms with Gasteiger partial charge in [-0.1, -0.05) is 0 Å². The minimum absolute atomic E-state index is 0.0673. The summed E-state index contributed by atoms with van der Waals surface area (Å²) >= 11 is 0. The Bertz CT molecular complexity index is 373. The molecule has 68 valence electrons. The number of carbonyl (C=O) groups is 1. The van der Waals surface area contributed by atoms with Crippen molar-refractivity contribution in [1.82, 2.24) is 14.7 Å². The van der Waals surface area contributed by atoms with Gasteiger partial charge in [0, 0.05) is 14.1 Å². The van der Waals surface area contributed by atoms with Crippen LogP contribution in [0.25, 0.3) is 0 Å². The molecule has 6 nitrogen and oxygen atoms in total. The Labute approximate surface area is 75.2 Å². The van der Waals surface area contributed by atoms with E-state index < -0.39 is 0 Å². The van der Waals surface area contributed by atoms with Crippen molar-refractivity contribution in [2.24, 2.45) is 0 Å². The van der Waals surface area contributed by atoms with Crippen molar-refractivity contribution in [3.8, 4) is 6.07 Å². The average molecular weight is 179 g/mol. The summed E-state index contributed by atoms with van der Waals surface area (Å²) in [5, 5.41) is 12.2. The molecule has 0 saturated heterocycles. The first-order chi connectivity index (χ1) is 6.06. The molecular weight excluding hydrogens is 170 g/mol. The summed E-state index contributed by atoms with van der Waals surface area (Å²) in [6.07, 6.45) is 1.30. The van der Waals surface area contributed by atoms with Crippen LogP contribution in [0.5, 0.6) is 0 Å². The van der Waals surface area contributed by atoms with Crippen LogP contribution in [0.2, 0.25) is 0 Å². The first-order valence-corrected chi connectivity index (χ1v) is 3.53. The van der Waals surface area contributed by atoms with Crippen molar-refractivity contribution in [2.75, 3.05) is 19.8 Å². The van der Waals surface area contributed by atoms with Gasteiger partial charge in [-0.15, -0.1) is 5.10 Å². The fourth-order valence-corrected chi connectivity index (χ4v) is 0.776. The summed E-state index contributed by atoms with van der Waals surface area (Å²) < 4.78 is 1.04. The number of nitrogens with two attached hydrogens (primary N) is 1. The van der Waals surface area contributed by atoms with Gasteiger partial charge in [0.05, 0.1) is 6.20 Å². The molecule has 13 heavy (non-hydrogen) atoms. The third kappa shape index (κ3) is 1.59. The maximum atomic E-state index is 11.3. The first-order valence-electron chi connectivity index (χ1n) is 3.53. The van der Waals surface area contributed by atoms with E-state index in [1.165, 1.54) is 11.1 Å². The number of hydrogen-bond donors (Lipinski definition) is 1. The standard InChI is InChI=1S/C7H9N5O/c1-11(2)7(13)12-4-5(3-8)6(9)10-12/h4H,1-2H3,(H2,9,10). The number of rotatable bonds is 0. The van der Waals surface area contributed by atoms with E-state index >= 15 is 0 Å². The number of nitrogen functional groups attached to an aromatic ring is 1. The van der Waals surface area contributed by atoms with E-state index in [0.717, 1.165) is 4.68 Å². The van der Waals surface area contributed by atoms with Crippen LogP contribution in [0.15, 0.2) is 6.20 Å². The van der Waals surface area contributed by atoms with Gasteiger partial charge in [0.2, 0.25) is 0 Å². The average Bonchev–Trinajstić information content (AvgIpc) is 2.45. The lowest BCUT2D eigenvalue weighted by atomic mass is 10.4. The lowest BCUT2D eigenvalue weighted by Gasteiger charge is -2.08. The summed E-state index contributed by atoms with van der Waals surface area (Å²) in [5.41, 5.74) is 5.57. The molecule has 6 heteroatoms. The molecule has 0 aromatic carbocycles. The van der Waals surface area contributed by atoms with Crippen molar-refractivity contribution >= 4 is 11.8 Å². The van der Waals surface area contributed by atoms with Crippen molar-refractivity contribution in [3.63, 3.8) is 0 Å². The minimum Gasteiger partial charge on any atom is -0.381 e. The van der Waals surface area contributed by atoms with Crippen molar-refractivity contribution in [3.05, 3.63) is 11.8 Å². The molecule has 2 N–H and O–H groups in total. The first kappa shape index (κ1) is 9.06. The highest BCUT2D eigenvalue weighted by molar-refractivity contribution is 5.76.